The molecule has 0 aromatic heterocycles. The molecule has 0 fully saturated rings. The van der Waals surface area contributed by atoms with E-state index in [0.29, 0.717) is 6.04 Å². The molecule has 2 aromatic rings. The summed E-state index contributed by atoms with van der Waals surface area (Å²) in [4.78, 5) is 2.60. The van der Waals surface area contributed by atoms with Gasteiger partial charge in [-0.15, -0.1) is 0 Å². The van der Waals surface area contributed by atoms with E-state index in [2.05, 4.69) is 79.4 Å². The lowest BCUT2D eigenvalue weighted by molar-refractivity contribution is 0.197. The normalized spacial score (nSPS) is 12.5. The average molecular weight is 281 g/mol. The zero-order chi connectivity index (χ0) is 14.9. The van der Waals surface area contributed by atoms with E-state index in [1.807, 2.05) is 0 Å². The Labute approximate surface area is 129 Å². The fourth-order valence-electron chi connectivity index (χ4n) is 2.73. The predicted octanol–water partition coefficient (Wildman–Crippen LogP) is 5.44. The molecule has 1 nitrogen and oxygen atoms in total. The average Bonchev–Trinajstić information content (AvgIpc) is 2.55. The molecule has 0 spiro atoms. The van der Waals surface area contributed by atoms with Gasteiger partial charge in [-0.25, -0.2) is 0 Å². The van der Waals surface area contributed by atoms with Crippen LogP contribution in [0.4, 0.5) is 0 Å². The minimum atomic E-state index is 0.461. The van der Waals surface area contributed by atoms with E-state index in [1.165, 1.54) is 36.9 Å². The summed E-state index contributed by atoms with van der Waals surface area (Å²) in [5, 5.41) is 0. The van der Waals surface area contributed by atoms with Crippen molar-refractivity contribution in [2.24, 2.45) is 0 Å². The Bertz CT molecular complexity index is 492. The SMILES string of the molecule is CCCCCN(Cc1ccccc1)C(C)c1ccccc1. The van der Waals surface area contributed by atoms with Crippen LogP contribution in [0, 0.1) is 0 Å². The number of nitrogens with zero attached hydrogens (tertiary/aromatic N) is 1. The van der Waals surface area contributed by atoms with Crippen LogP contribution in [0.5, 0.6) is 0 Å². The molecule has 0 amide bonds. The van der Waals surface area contributed by atoms with Gasteiger partial charge < -0.3 is 0 Å². The highest BCUT2D eigenvalue weighted by Crippen LogP contribution is 2.22. The number of unbranched alkanes of at least 4 members (excludes halogenated alkanes) is 2. The molecule has 1 unspecified atom stereocenters. The second-order valence-corrected chi connectivity index (χ2v) is 5.75. The Hall–Kier alpha value is -1.60. The molecule has 0 aliphatic carbocycles. The van der Waals surface area contributed by atoms with E-state index in [1.54, 1.807) is 0 Å². The van der Waals surface area contributed by atoms with Crippen LogP contribution in [0.2, 0.25) is 0 Å². The Kier molecular flexibility index (Phi) is 6.49. The smallest absolute Gasteiger partial charge is 0.0323 e. The molecule has 0 bridgehead atoms. The van der Waals surface area contributed by atoms with Crippen molar-refractivity contribution in [3.8, 4) is 0 Å². The first-order chi connectivity index (χ1) is 10.3. The highest BCUT2D eigenvalue weighted by Gasteiger charge is 2.15. The lowest BCUT2D eigenvalue weighted by Gasteiger charge is -2.29. The molecular formula is C20H27N. The highest BCUT2D eigenvalue weighted by atomic mass is 15.1. The van der Waals surface area contributed by atoms with Crippen LogP contribution in [0.3, 0.4) is 0 Å². The highest BCUT2D eigenvalue weighted by molar-refractivity contribution is 5.20. The van der Waals surface area contributed by atoms with Crippen molar-refractivity contribution in [3.63, 3.8) is 0 Å². The summed E-state index contributed by atoms with van der Waals surface area (Å²) in [6.07, 6.45) is 3.87. The standard InChI is InChI=1S/C20H27N/c1-3-4-11-16-21(17-19-12-7-5-8-13-19)18(2)20-14-9-6-10-15-20/h5-10,12-15,18H,3-4,11,16-17H2,1-2H3. The van der Waals surface area contributed by atoms with Crippen LogP contribution < -0.4 is 0 Å². The lowest BCUT2D eigenvalue weighted by Crippen LogP contribution is -2.27. The third-order valence-electron chi connectivity index (χ3n) is 4.11. The molecule has 0 aliphatic heterocycles. The summed E-state index contributed by atoms with van der Waals surface area (Å²) in [6.45, 7) is 6.78. The quantitative estimate of drug-likeness (QED) is 0.582. The summed E-state index contributed by atoms with van der Waals surface area (Å²) in [6, 6.07) is 22.1. The molecule has 1 heteroatoms. The molecule has 1 atom stereocenters. The number of hydrogen-bond donors (Lipinski definition) is 0. The van der Waals surface area contributed by atoms with Crippen molar-refractivity contribution in [1.29, 1.82) is 0 Å². The Morgan fingerprint density at radius 3 is 2.10 bits per heavy atom. The zero-order valence-electron chi connectivity index (χ0n) is 13.3. The van der Waals surface area contributed by atoms with E-state index in [-0.39, 0.29) is 0 Å². The summed E-state index contributed by atoms with van der Waals surface area (Å²) < 4.78 is 0. The molecule has 0 heterocycles. The summed E-state index contributed by atoms with van der Waals surface area (Å²) in [7, 11) is 0. The van der Waals surface area contributed by atoms with Gasteiger partial charge in [-0.2, -0.15) is 0 Å². The third-order valence-corrected chi connectivity index (χ3v) is 4.11. The second-order valence-electron chi connectivity index (χ2n) is 5.75. The van der Waals surface area contributed by atoms with Crippen molar-refractivity contribution in [3.05, 3.63) is 71.8 Å². The maximum Gasteiger partial charge on any atom is 0.0323 e. The third kappa shape index (κ3) is 5.02. The van der Waals surface area contributed by atoms with Crippen LogP contribution in [-0.4, -0.2) is 11.4 Å². The monoisotopic (exact) mass is 281 g/mol. The van der Waals surface area contributed by atoms with Gasteiger partial charge in [0.05, 0.1) is 0 Å². The topological polar surface area (TPSA) is 3.24 Å². The van der Waals surface area contributed by atoms with Crippen LogP contribution in [0.1, 0.15) is 50.3 Å². The minimum absolute atomic E-state index is 0.461. The number of hydrogen-bond acceptors (Lipinski definition) is 1. The molecule has 21 heavy (non-hydrogen) atoms. The van der Waals surface area contributed by atoms with Crippen molar-refractivity contribution in [2.45, 2.75) is 45.7 Å². The number of rotatable bonds is 8. The molecule has 0 N–H and O–H groups in total. The van der Waals surface area contributed by atoms with Gasteiger partial charge in [0, 0.05) is 12.6 Å². The molecule has 2 rings (SSSR count). The molecule has 0 saturated carbocycles. The van der Waals surface area contributed by atoms with Gasteiger partial charge in [0.25, 0.3) is 0 Å². The Morgan fingerprint density at radius 2 is 1.48 bits per heavy atom. The molecular weight excluding hydrogens is 254 g/mol. The van der Waals surface area contributed by atoms with E-state index >= 15 is 0 Å². The molecule has 2 aromatic carbocycles. The first kappa shape index (κ1) is 15.8. The van der Waals surface area contributed by atoms with Gasteiger partial charge in [0.1, 0.15) is 0 Å². The summed E-state index contributed by atoms with van der Waals surface area (Å²) >= 11 is 0. The minimum Gasteiger partial charge on any atom is -0.292 e. The molecule has 0 radical (unpaired) electrons. The van der Waals surface area contributed by atoms with E-state index in [9.17, 15) is 0 Å². The molecule has 0 saturated heterocycles. The maximum atomic E-state index is 2.60. The largest absolute Gasteiger partial charge is 0.292 e. The van der Waals surface area contributed by atoms with Gasteiger partial charge in [0.15, 0.2) is 0 Å². The maximum absolute atomic E-state index is 2.60. The lowest BCUT2D eigenvalue weighted by atomic mass is 10.1. The van der Waals surface area contributed by atoms with Crippen molar-refractivity contribution in [2.75, 3.05) is 6.54 Å². The van der Waals surface area contributed by atoms with Crippen molar-refractivity contribution >= 4 is 0 Å². The fraction of sp³-hybridized carbons (Fsp3) is 0.400. The number of benzene rings is 2. The Morgan fingerprint density at radius 1 is 0.857 bits per heavy atom. The first-order valence-corrected chi connectivity index (χ1v) is 8.14. The van der Waals surface area contributed by atoms with Crippen LogP contribution >= 0.6 is 0 Å². The fourth-order valence-corrected chi connectivity index (χ4v) is 2.73. The van der Waals surface area contributed by atoms with Gasteiger partial charge >= 0.3 is 0 Å². The molecule has 112 valence electrons. The van der Waals surface area contributed by atoms with Crippen LogP contribution in [-0.2, 0) is 6.54 Å². The second kappa shape index (κ2) is 8.63. The van der Waals surface area contributed by atoms with Crippen molar-refractivity contribution in [1.82, 2.24) is 4.90 Å². The van der Waals surface area contributed by atoms with Gasteiger partial charge in [0.2, 0.25) is 0 Å². The zero-order valence-corrected chi connectivity index (χ0v) is 13.3. The molecule has 0 aliphatic rings. The van der Waals surface area contributed by atoms with E-state index in [0.717, 1.165) is 6.54 Å². The Balaban J connectivity index is 2.07. The van der Waals surface area contributed by atoms with Gasteiger partial charge in [-0.05, 0) is 31.0 Å². The van der Waals surface area contributed by atoms with Crippen LogP contribution in [0.15, 0.2) is 60.7 Å². The van der Waals surface area contributed by atoms with E-state index < -0.39 is 0 Å². The first-order valence-electron chi connectivity index (χ1n) is 8.14. The van der Waals surface area contributed by atoms with E-state index in [4.69, 9.17) is 0 Å². The van der Waals surface area contributed by atoms with Gasteiger partial charge in [-0.1, -0.05) is 80.4 Å². The van der Waals surface area contributed by atoms with Gasteiger partial charge in [-0.3, -0.25) is 4.90 Å². The summed E-state index contributed by atoms with van der Waals surface area (Å²) in [5.74, 6) is 0. The predicted molar refractivity (Wildman–Crippen MR) is 91.2 cm³/mol. The van der Waals surface area contributed by atoms with Crippen molar-refractivity contribution < 1.29 is 0 Å². The van der Waals surface area contributed by atoms with Crippen LogP contribution in [0.25, 0.3) is 0 Å². The summed E-state index contributed by atoms with van der Waals surface area (Å²) in [5.41, 5.74) is 2.81.